The van der Waals surface area contributed by atoms with Gasteiger partial charge in [0, 0.05) is 0 Å². The number of hydrogen-bond acceptors (Lipinski definition) is 2. The van der Waals surface area contributed by atoms with Gasteiger partial charge in [-0.15, -0.1) is 0 Å². The second-order valence-electron chi connectivity index (χ2n) is 5.37. The fraction of sp³-hybridized carbons (Fsp3) is 0.533. The van der Waals surface area contributed by atoms with E-state index in [1.165, 1.54) is 0 Å². The van der Waals surface area contributed by atoms with Crippen LogP contribution in [-0.2, 0) is 0 Å². The predicted octanol–water partition coefficient (Wildman–Crippen LogP) is 3.26. The van der Waals surface area contributed by atoms with Gasteiger partial charge >= 0.3 is 6.03 Å². The number of nitrogens with one attached hydrogen (secondary N) is 2. The van der Waals surface area contributed by atoms with Crippen LogP contribution in [-0.4, -0.2) is 11.7 Å². The summed E-state index contributed by atoms with van der Waals surface area (Å²) < 4.78 is 0. The maximum atomic E-state index is 12.2. The van der Waals surface area contributed by atoms with E-state index in [1.807, 2.05) is 30.3 Å². The van der Waals surface area contributed by atoms with Gasteiger partial charge in [0.2, 0.25) is 0 Å². The topological polar surface area (TPSA) is 44.4 Å². The van der Waals surface area contributed by atoms with E-state index in [0.29, 0.717) is 5.92 Å². The van der Waals surface area contributed by atoms with Crippen molar-refractivity contribution in [2.75, 3.05) is 5.01 Å². The molecule has 0 bridgehead atoms. The van der Waals surface area contributed by atoms with Crippen molar-refractivity contribution in [2.45, 2.75) is 45.7 Å². The van der Waals surface area contributed by atoms with Crippen molar-refractivity contribution < 1.29 is 4.79 Å². The van der Waals surface area contributed by atoms with E-state index in [2.05, 4.69) is 31.5 Å². The standard InChI is InChI=1S/C15H23N3O/c1-4-12(3)11-15(5-2)16-14(19)18(17-15)13-9-7-6-8-10-13/h6-10,12,17H,4-5,11H2,1-3H3,(H,16,19)/t12-,15+/m0/s1. The van der Waals surface area contributed by atoms with E-state index in [9.17, 15) is 4.79 Å². The minimum absolute atomic E-state index is 0.0728. The quantitative estimate of drug-likeness (QED) is 0.854. The fourth-order valence-electron chi connectivity index (χ4n) is 2.46. The molecule has 19 heavy (non-hydrogen) atoms. The van der Waals surface area contributed by atoms with Crippen molar-refractivity contribution in [3.05, 3.63) is 30.3 Å². The third-order valence-corrected chi connectivity index (χ3v) is 3.89. The summed E-state index contributed by atoms with van der Waals surface area (Å²) in [7, 11) is 0. The summed E-state index contributed by atoms with van der Waals surface area (Å²) in [5, 5.41) is 4.72. The van der Waals surface area contributed by atoms with Crippen LogP contribution in [0.3, 0.4) is 0 Å². The highest BCUT2D eigenvalue weighted by atomic mass is 16.2. The molecular weight excluding hydrogens is 238 g/mol. The Kier molecular flexibility index (Phi) is 4.10. The highest BCUT2D eigenvalue weighted by molar-refractivity contribution is 5.93. The highest BCUT2D eigenvalue weighted by Gasteiger charge is 2.41. The third-order valence-electron chi connectivity index (χ3n) is 3.89. The summed E-state index contributed by atoms with van der Waals surface area (Å²) in [6.07, 6.45) is 2.92. The molecule has 104 valence electrons. The molecule has 0 saturated carbocycles. The second-order valence-corrected chi connectivity index (χ2v) is 5.37. The van der Waals surface area contributed by atoms with Crippen LogP contribution < -0.4 is 15.8 Å². The average Bonchev–Trinajstić information content (AvgIpc) is 2.77. The molecule has 1 aliphatic heterocycles. The lowest BCUT2D eigenvalue weighted by Gasteiger charge is -2.30. The van der Waals surface area contributed by atoms with Crippen LogP contribution in [0.4, 0.5) is 10.5 Å². The lowest BCUT2D eigenvalue weighted by atomic mass is 9.93. The molecule has 0 aliphatic carbocycles. The molecule has 2 atom stereocenters. The van der Waals surface area contributed by atoms with Crippen molar-refractivity contribution >= 4 is 11.7 Å². The summed E-state index contributed by atoms with van der Waals surface area (Å²) >= 11 is 0. The van der Waals surface area contributed by atoms with Gasteiger partial charge in [0.25, 0.3) is 0 Å². The molecule has 1 heterocycles. The molecule has 1 saturated heterocycles. The smallest absolute Gasteiger partial charge is 0.317 e. The monoisotopic (exact) mass is 261 g/mol. The van der Waals surface area contributed by atoms with E-state index in [1.54, 1.807) is 5.01 Å². The first kappa shape index (κ1) is 13.9. The van der Waals surface area contributed by atoms with E-state index in [-0.39, 0.29) is 11.7 Å². The van der Waals surface area contributed by atoms with E-state index in [0.717, 1.165) is 24.9 Å². The number of carbonyl (C=O) groups is 1. The summed E-state index contributed by atoms with van der Waals surface area (Å²) in [5.74, 6) is 0.573. The first-order valence-electron chi connectivity index (χ1n) is 7.05. The van der Waals surface area contributed by atoms with Gasteiger partial charge in [-0.25, -0.2) is 15.2 Å². The molecule has 1 fully saturated rings. The van der Waals surface area contributed by atoms with Gasteiger partial charge in [0.05, 0.1) is 5.69 Å². The minimum atomic E-state index is -0.317. The van der Waals surface area contributed by atoms with Gasteiger partial charge in [0.15, 0.2) is 0 Å². The van der Waals surface area contributed by atoms with Crippen LogP contribution in [0.25, 0.3) is 0 Å². The van der Waals surface area contributed by atoms with Crippen LogP contribution >= 0.6 is 0 Å². The number of urea groups is 1. The van der Waals surface area contributed by atoms with Crippen LogP contribution in [0.15, 0.2) is 30.3 Å². The molecular formula is C15H23N3O. The van der Waals surface area contributed by atoms with E-state index < -0.39 is 0 Å². The lowest BCUT2D eigenvalue weighted by Crippen LogP contribution is -2.51. The molecule has 0 spiro atoms. The molecule has 0 radical (unpaired) electrons. The molecule has 4 heteroatoms. The number of hydrogen-bond donors (Lipinski definition) is 2. The Labute approximate surface area is 115 Å². The van der Waals surface area contributed by atoms with Crippen LogP contribution in [0, 0.1) is 5.92 Å². The van der Waals surface area contributed by atoms with E-state index >= 15 is 0 Å². The molecule has 1 aromatic carbocycles. The number of nitrogens with zero attached hydrogens (tertiary/aromatic N) is 1. The van der Waals surface area contributed by atoms with Crippen molar-refractivity contribution in [2.24, 2.45) is 5.92 Å². The molecule has 1 aromatic rings. The summed E-state index contributed by atoms with van der Waals surface area (Å²) in [6, 6.07) is 9.61. The average molecular weight is 261 g/mol. The molecule has 4 nitrogen and oxygen atoms in total. The predicted molar refractivity (Wildman–Crippen MR) is 77.7 cm³/mol. The number of para-hydroxylation sites is 1. The molecule has 2 amide bonds. The van der Waals surface area contributed by atoms with E-state index in [4.69, 9.17) is 0 Å². The largest absolute Gasteiger partial charge is 0.338 e. The Balaban J connectivity index is 2.17. The van der Waals surface area contributed by atoms with Gasteiger partial charge in [-0.1, -0.05) is 45.4 Å². The number of hydrazine groups is 1. The lowest BCUT2D eigenvalue weighted by molar-refractivity contribution is 0.231. The Hall–Kier alpha value is -1.55. The highest BCUT2D eigenvalue weighted by Crippen LogP contribution is 2.27. The number of benzene rings is 1. The first-order chi connectivity index (χ1) is 9.10. The number of amides is 2. The second kappa shape index (κ2) is 5.61. The Morgan fingerprint density at radius 3 is 2.53 bits per heavy atom. The minimum Gasteiger partial charge on any atom is -0.317 e. The van der Waals surface area contributed by atoms with Crippen molar-refractivity contribution in [1.82, 2.24) is 10.7 Å². The summed E-state index contributed by atoms with van der Waals surface area (Å²) in [4.78, 5) is 12.2. The SMILES string of the molecule is CC[C@H](C)C[C@]1(CC)NC(=O)N(c2ccccc2)N1. The van der Waals surface area contributed by atoms with Crippen molar-refractivity contribution in [3.8, 4) is 0 Å². The normalized spacial score (nSPS) is 24.4. The zero-order chi connectivity index (χ0) is 13.9. The maximum absolute atomic E-state index is 12.2. The van der Waals surface area contributed by atoms with Gasteiger partial charge in [-0.05, 0) is 30.9 Å². The maximum Gasteiger partial charge on any atom is 0.338 e. The molecule has 2 rings (SSSR count). The Morgan fingerprint density at radius 1 is 1.26 bits per heavy atom. The van der Waals surface area contributed by atoms with Crippen molar-refractivity contribution in [1.29, 1.82) is 0 Å². The molecule has 0 unspecified atom stereocenters. The first-order valence-corrected chi connectivity index (χ1v) is 7.05. The van der Waals surface area contributed by atoms with Crippen molar-refractivity contribution in [3.63, 3.8) is 0 Å². The fourth-order valence-corrected chi connectivity index (χ4v) is 2.46. The summed E-state index contributed by atoms with van der Waals surface area (Å²) in [6.45, 7) is 6.50. The zero-order valence-electron chi connectivity index (χ0n) is 11.9. The number of carbonyl (C=O) groups excluding carboxylic acids is 1. The number of rotatable bonds is 5. The zero-order valence-corrected chi connectivity index (χ0v) is 11.9. The van der Waals surface area contributed by atoms with Gasteiger partial charge in [0.1, 0.15) is 5.66 Å². The van der Waals surface area contributed by atoms with Gasteiger partial charge in [-0.2, -0.15) is 0 Å². The van der Waals surface area contributed by atoms with Gasteiger partial charge in [-0.3, -0.25) is 0 Å². The summed E-state index contributed by atoms with van der Waals surface area (Å²) in [5.41, 5.74) is 3.92. The van der Waals surface area contributed by atoms with Gasteiger partial charge < -0.3 is 5.32 Å². The molecule has 2 N–H and O–H groups in total. The number of anilines is 1. The Morgan fingerprint density at radius 2 is 1.95 bits per heavy atom. The van der Waals surface area contributed by atoms with Crippen LogP contribution in [0.1, 0.15) is 40.0 Å². The molecule has 0 aromatic heterocycles. The van der Waals surface area contributed by atoms with Crippen LogP contribution in [0.5, 0.6) is 0 Å². The third kappa shape index (κ3) is 2.89. The Bertz CT molecular complexity index is 434. The molecule has 1 aliphatic rings. The van der Waals surface area contributed by atoms with Crippen LogP contribution in [0.2, 0.25) is 0 Å².